The second-order valence-corrected chi connectivity index (χ2v) is 4.91. The third-order valence-electron chi connectivity index (χ3n) is 2.88. The van der Waals surface area contributed by atoms with Gasteiger partial charge in [-0.3, -0.25) is 0 Å². The molecule has 100 valence electrons. The molecule has 3 unspecified atom stereocenters. The van der Waals surface area contributed by atoms with E-state index in [1.54, 1.807) is 0 Å². The van der Waals surface area contributed by atoms with Crippen LogP contribution in [0.25, 0.3) is 0 Å². The molecule has 1 saturated heterocycles. The molecule has 0 amide bonds. The van der Waals surface area contributed by atoms with Crippen molar-refractivity contribution >= 4 is 9.76 Å². The van der Waals surface area contributed by atoms with Crippen molar-refractivity contribution in [3.8, 4) is 0 Å². The molecule has 0 bridgehead atoms. The van der Waals surface area contributed by atoms with E-state index in [1.807, 2.05) is 13.8 Å². The molecule has 0 spiro atoms. The van der Waals surface area contributed by atoms with Crippen molar-refractivity contribution in [3.05, 3.63) is 0 Å². The number of aliphatic hydroxyl groups is 1. The van der Waals surface area contributed by atoms with Crippen molar-refractivity contribution < 1.29 is 20.1 Å². The predicted octanol–water partition coefficient (Wildman–Crippen LogP) is 0.248. The van der Waals surface area contributed by atoms with Crippen LogP contribution in [0.15, 0.2) is 0 Å². The number of rotatable bonds is 3. The van der Waals surface area contributed by atoms with Crippen molar-refractivity contribution in [1.29, 1.82) is 0 Å². The van der Waals surface area contributed by atoms with Gasteiger partial charge in [0.2, 0.25) is 0 Å². The molecule has 1 aliphatic heterocycles. The topological polar surface area (TPSA) is 84.5 Å². The minimum Gasteiger partial charge on any atom is -0.438 e. The Labute approximate surface area is 101 Å². The van der Waals surface area contributed by atoms with Gasteiger partial charge in [-0.2, -0.15) is 0 Å². The van der Waals surface area contributed by atoms with Crippen LogP contribution in [0, 0.1) is 5.92 Å². The summed E-state index contributed by atoms with van der Waals surface area (Å²) in [5.41, 5.74) is 0. The van der Waals surface area contributed by atoms with E-state index in [2.05, 4.69) is 0 Å². The fourth-order valence-electron chi connectivity index (χ4n) is 2.13. The first-order chi connectivity index (χ1) is 7.40. The van der Waals surface area contributed by atoms with Gasteiger partial charge in [0, 0.05) is 7.11 Å². The molecule has 16 heavy (non-hydrogen) atoms. The van der Waals surface area contributed by atoms with E-state index in [0.717, 1.165) is 19.1 Å². The minimum absolute atomic E-state index is 0. The molecular weight excluding hydrogens is 224 g/mol. The molecule has 0 radical (unpaired) electrons. The van der Waals surface area contributed by atoms with E-state index in [9.17, 15) is 0 Å². The summed E-state index contributed by atoms with van der Waals surface area (Å²) in [6, 6.07) is 1.11. The molecule has 2 aliphatic rings. The molecule has 1 heterocycles. The van der Waals surface area contributed by atoms with Gasteiger partial charge in [0.1, 0.15) is 0 Å². The largest absolute Gasteiger partial charge is 0.438 e. The van der Waals surface area contributed by atoms with Crippen LogP contribution in [0.3, 0.4) is 0 Å². The van der Waals surface area contributed by atoms with Gasteiger partial charge in [-0.25, -0.2) is 0 Å². The fraction of sp³-hybridized carbons (Fsp3) is 1.00. The first-order valence-corrected chi connectivity index (χ1v) is 7.74. The zero-order chi connectivity index (χ0) is 11.7. The van der Waals surface area contributed by atoms with Gasteiger partial charge in [0.25, 0.3) is 0 Å². The minimum atomic E-state index is -0.675. The Bertz CT molecular complexity index is 146. The number of fused-ring (bicyclic) bond motifs is 1. The second-order valence-electron chi connectivity index (χ2n) is 3.76. The van der Waals surface area contributed by atoms with Crippen molar-refractivity contribution in [3.63, 3.8) is 0 Å². The van der Waals surface area contributed by atoms with Gasteiger partial charge in [-0.05, 0) is 31.2 Å². The zero-order valence-corrected chi connectivity index (χ0v) is 12.2. The second kappa shape index (κ2) is 11.5. The zero-order valence-electron chi connectivity index (χ0n) is 10.8. The van der Waals surface area contributed by atoms with E-state index in [1.165, 1.54) is 25.7 Å². The highest BCUT2D eigenvalue weighted by Crippen LogP contribution is 2.40. The maximum Gasteiger partial charge on any atom is 0.156 e. The molecule has 0 aromatic carbocycles. The van der Waals surface area contributed by atoms with Gasteiger partial charge in [0.15, 0.2) is 9.76 Å². The Hall–Kier alpha value is 0.0569. The van der Waals surface area contributed by atoms with Crippen LogP contribution in [0.1, 0.15) is 39.5 Å². The summed E-state index contributed by atoms with van der Waals surface area (Å²) in [5.74, 6) is 0.874. The normalized spacial score (nSPS) is 30.2. The number of epoxide rings is 1. The summed E-state index contributed by atoms with van der Waals surface area (Å²) in [6.07, 6.45) is 6.42. The number of ether oxygens (including phenoxy) is 1. The van der Waals surface area contributed by atoms with Crippen LogP contribution in [-0.4, -0.2) is 44.5 Å². The number of hydrogen-bond acceptors (Lipinski definition) is 3. The molecule has 3 atom stereocenters. The third-order valence-corrected chi connectivity index (χ3v) is 3.61. The van der Waals surface area contributed by atoms with E-state index in [0.29, 0.717) is 12.2 Å². The van der Waals surface area contributed by atoms with Gasteiger partial charge in [-0.1, -0.05) is 20.3 Å². The van der Waals surface area contributed by atoms with Crippen LogP contribution >= 0.6 is 0 Å². The van der Waals surface area contributed by atoms with Gasteiger partial charge < -0.3 is 20.1 Å². The smallest absolute Gasteiger partial charge is 0.156 e. The summed E-state index contributed by atoms with van der Waals surface area (Å²) in [6.45, 7) is 4.00. The summed E-state index contributed by atoms with van der Waals surface area (Å²) in [7, 11) is 0.325. The number of aliphatic hydroxyl groups excluding tert-OH is 1. The SMILES string of the molecule is CC.CO.O.O[SiH2]CCC1CCC2OC2C1. The van der Waals surface area contributed by atoms with Crippen LogP contribution in [0.5, 0.6) is 0 Å². The van der Waals surface area contributed by atoms with Crippen LogP contribution in [0.2, 0.25) is 6.04 Å². The fourth-order valence-corrected chi connectivity index (χ4v) is 2.89. The van der Waals surface area contributed by atoms with Gasteiger partial charge >= 0.3 is 0 Å². The molecule has 1 aliphatic carbocycles. The first-order valence-electron chi connectivity index (χ1n) is 6.11. The summed E-state index contributed by atoms with van der Waals surface area (Å²) >= 11 is 0. The van der Waals surface area contributed by atoms with E-state index >= 15 is 0 Å². The van der Waals surface area contributed by atoms with E-state index in [4.69, 9.17) is 14.6 Å². The average Bonchev–Trinajstić information content (AvgIpc) is 3.10. The Morgan fingerprint density at radius 2 is 1.81 bits per heavy atom. The average molecular weight is 252 g/mol. The summed E-state index contributed by atoms with van der Waals surface area (Å²) in [5, 5.41) is 7.00. The van der Waals surface area contributed by atoms with Crippen LogP contribution < -0.4 is 0 Å². The Morgan fingerprint density at radius 3 is 2.31 bits per heavy atom. The maximum atomic E-state index is 8.78. The highest BCUT2D eigenvalue weighted by atomic mass is 28.2. The molecule has 0 aromatic rings. The Balaban J connectivity index is 0. The van der Waals surface area contributed by atoms with Crippen molar-refractivity contribution in [2.24, 2.45) is 5.92 Å². The lowest BCUT2D eigenvalue weighted by Crippen LogP contribution is -2.13. The van der Waals surface area contributed by atoms with Crippen molar-refractivity contribution in [2.45, 2.75) is 57.8 Å². The number of hydrogen-bond donors (Lipinski definition) is 2. The maximum absolute atomic E-state index is 8.78. The highest BCUT2D eigenvalue weighted by Gasteiger charge is 2.43. The van der Waals surface area contributed by atoms with Crippen LogP contribution in [-0.2, 0) is 4.74 Å². The first kappa shape index (κ1) is 18.4. The molecule has 0 aromatic heterocycles. The van der Waals surface area contributed by atoms with Crippen molar-refractivity contribution in [1.82, 2.24) is 0 Å². The highest BCUT2D eigenvalue weighted by molar-refractivity contribution is 6.25. The molecule has 2 rings (SSSR count). The molecule has 5 heteroatoms. The van der Waals surface area contributed by atoms with E-state index < -0.39 is 9.76 Å². The molecule has 2 fully saturated rings. The van der Waals surface area contributed by atoms with Gasteiger partial charge in [0.05, 0.1) is 12.2 Å². The Morgan fingerprint density at radius 1 is 1.19 bits per heavy atom. The summed E-state index contributed by atoms with van der Waals surface area (Å²) in [4.78, 5) is 8.78. The molecular formula is C11H28O4Si. The summed E-state index contributed by atoms with van der Waals surface area (Å²) < 4.78 is 5.44. The van der Waals surface area contributed by atoms with E-state index in [-0.39, 0.29) is 5.48 Å². The van der Waals surface area contributed by atoms with Crippen molar-refractivity contribution in [2.75, 3.05) is 7.11 Å². The monoisotopic (exact) mass is 252 g/mol. The third kappa shape index (κ3) is 6.60. The lowest BCUT2D eigenvalue weighted by atomic mass is 9.88. The predicted molar refractivity (Wildman–Crippen MR) is 69.3 cm³/mol. The quantitative estimate of drug-likeness (QED) is 0.558. The Kier molecular flexibility index (Phi) is 13.3. The standard InChI is InChI=1S/C8H16O2Si.C2H6.CH4O.H2O/c9-11-4-3-6-1-2-7-8(5-6)10-7;2*1-2;/h6-9H,1-5,11H2;1-2H3;2H,1H3;1H2. The van der Waals surface area contributed by atoms with Gasteiger partial charge in [-0.15, -0.1) is 0 Å². The molecule has 1 saturated carbocycles. The molecule has 4 nitrogen and oxygen atoms in total. The molecule has 4 N–H and O–H groups in total. The lowest BCUT2D eigenvalue weighted by Gasteiger charge is -2.17. The van der Waals surface area contributed by atoms with Crippen LogP contribution in [0.4, 0.5) is 0 Å². The lowest BCUT2D eigenvalue weighted by molar-refractivity contribution is 0.356.